The smallest absolute Gasteiger partial charge is 0.184 e. The van der Waals surface area contributed by atoms with Crippen molar-refractivity contribution in [2.75, 3.05) is 0 Å². The van der Waals surface area contributed by atoms with E-state index in [9.17, 15) is 8.78 Å². The van der Waals surface area contributed by atoms with E-state index in [2.05, 4.69) is 14.5 Å². The topological polar surface area (TPSA) is 48.5 Å². The predicted octanol–water partition coefficient (Wildman–Crippen LogP) is 4.31. The number of para-hydroxylation sites is 2. The second-order valence-corrected chi connectivity index (χ2v) is 6.63. The van der Waals surface area contributed by atoms with Crippen molar-refractivity contribution in [2.24, 2.45) is 7.05 Å². The minimum atomic E-state index is -0.929. The second kappa shape index (κ2) is 6.23. The summed E-state index contributed by atoms with van der Waals surface area (Å²) in [5.74, 6) is -1.07. The van der Waals surface area contributed by atoms with Crippen LogP contribution in [0.4, 0.5) is 8.78 Å². The number of imidazole rings is 2. The molecule has 3 aromatic heterocycles. The van der Waals surface area contributed by atoms with Crippen LogP contribution in [0.1, 0.15) is 5.56 Å². The van der Waals surface area contributed by atoms with Crippen molar-refractivity contribution >= 4 is 21.9 Å². The summed E-state index contributed by atoms with van der Waals surface area (Å²) in [5, 5.41) is 0.579. The van der Waals surface area contributed by atoms with Crippen LogP contribution in [0, 0.1) is 11.6 Å². The van der Waals surface area contributed by atoms with Gasteiger partial charge in [0.2, 0.25) is 0 Å². The third kappa shape index (κ3) is 2.47. The van der Waals surface area contributed by atoms with Gasteiger partial charge in [-0.25, -0.2) is 18.7 Å². The van der Waals surface area contributed by atoms with Gasteiger partial charge in [0.25, 0.3) is 0 Å². The highest BCUT2D eigenvalue weighted by molar-refractivity contribution is 5.84. The number of aromatic nitrogens is 5. The molecule has 0 saturated carbocycles. The largest absolute Gasteiger partial charge is 0.331 e. The molecule has 0 bridgehead atoms. The first-order valence-corrected chi connectivity index (χ1v) is 8.77. The average Bonchev–Trinajstić information content (AvgIpc) is 3.28. The van der Waals surface area contributed by atoms with E-state index in [4.69, 9.17) is 4.98 Å². The van der Waals surface area contributed by atoms with Gasteiger partial charge in [0.15, 0.2) is 17.5 Å². The van der Waals surface area contributed by atoms with Crippen LogP contribution in [-0.4, -0.2) is 24.1 Å². The third-order valence-electron chi connectivity index (χ3n) is 4.92. The van der Waals surface area contributed by atoms with Gasteiger partial charge in [0, 0.05) is 18.6 Å². The predicted molar refractivity (Wildman–Crippen MR) is 103 cm³/mol. The summed E-state index contributed by atoms with van der Waals surface area (Å²) < 4.78 is 31.8. The fraction of sp³-hybridized carbons (Fsp3) is 0.0952. The molecule has 5 rings (SSSR count). The van der Waals surface area contributed by atoms with Crippen molar-refractivity contribution < 1.29 is 8.78 Å². The first-order chi connectivity index (χ1) is 13.6. The summed E-state index contributed by atoms with van der Waals surface area (Å²) in [6.45, 7) is 0.436. The summed E-state index contributed by atoms with van der Waals surface area (Å²) in [5.41, 5.74) is 3.53. The Balaban J connectivity index is 1.74. The number of aryl methyl sites for hydroxylation is 1. The molecule has 0 atom stereocenters. The van der Waals surface area contributed by atoms with Crippen molar-refractivity contribution in [1.82, 2.24) is 24.1 Å². The molecule has 5 aromatic rings. The summed E-state index contributed by atoms with van der Waals surface area (Å²) >= 11 is 0. The maximum Gasteiger partial charge on any atom is 0.184 e. The SMILES string of the molecule is Cn1cncc1-c1nc2ccccc2n1Cc1ccnc2c(F)c(F)ccc12. The van der Waals surface area contributed by atoms with Gasteiger partial charge in [-0.3, -0.25) is 4.98 Å². The third-order valence-corrected chi connectivity index (χ3v) is 4.92. The molecule has 0 amide bonds. The van der Waals surface area contributed by atoms with Gasteiger partial charge < -0.3 is 9.13 Å². The van der Waals surface area contributed by atoms with E-state index >= 15 is 0 Å². The van der Waals surface area contributed by atoms with Gasteiger partial charge in [-0.2, -0.15) is 0 Å². The number of benzene rings is 2. The molecule has 0 aliphatic heterocycles. The fourth-order valence-electron chi connectivity index (χ4n) is 3.53. The van der Waals surface area contributed by atoms with E-state index in [1.807, 2.05) is 41.9 Å². The Morgan fingerprint density at radius 1 is 1.04 bits per heavy atom. The molecule has 3 heterocycles. The zero-order valence-corrected chi connectivity index (χ0v) is 15.0. The van der Waals surface area contributed by atoms with Crippen LogP contribution in [0.25, 0.3) is 33.5 Å². The molecular formula is C21H15F2N5. The number of pyridine rings is 1. The first kappa shape index (κ1) is 16.6. The lowest BCUT2D eigenvalue weighted by Crippen LogP contribution is -2.05. The van der Waals surface area contributed by atoms with Gasteiger partial charge in [-0.15, -0.1) is 0 Å². The molecule has 0 radical (unpaired) electrons. The van der Waals surface area contributed by atoms with Crippen molar-refractivity contribution in [2.45, 2.75) is 6.54 Å². The molecule has 5 nitrogen and oxygen atoms in total. The molecule has 0 spiro atoms. The highest BCUT2D eigenvalue weighted by atomic mass is 19.2. The molecule has 0 fully saturated rings. The quantitative estimate of drug-likeness (QED) is 0.472. The number of fused-ring (bicyclic) bond motifs is 2. The van der Waals surface area contributed by atoms with E-state index in [1.165, 1.54) is 6.20 Å². The van der Waals surface area contributed by atoms with Crippen molar-refractivity contribution in [3.8, 4) is 11.5 Å². The van der Waals surface area contributed by atoms with Crippen LogP contribution in [0.3, 0.4) is 0 Å². The van der Waals surface area contributed by atoms with E-state index in [0.717, 1.165) is 34.2 Å². The van der Waals surface area contributed by atoms with Crippen LogP contribution in [-0.2, 0) is 13.6 Å². The molecule has 0 aliphatic rings. The lowest BCUT2D eigenvalue weighted by atomic mass is 10.1. The van der Waals surface area contributed by atoms with Crippen molar-refractivity contribution in [1.29, 1.82) is 0 Å². The summed E-state index contributed by atoms with van der Waals surface area (Å²) in [6.07, 6.45) is 4.99. The molecular weight excluding hydrogens is 360 g/mol. The highest BCUT2D eigenvalue weighted by Gasteiger charge is 2.17. The first-order valence-electron chi connectivity index (χ1n) is 8.77. The Kier molecular flexibility index (Phi) is 3.68. The summed E-state index contributed by atoms with van der Waals surface area (Å²) in [4.78, 5) is 13.0. The monoisotopic (exact) mass is 375 g/mol. The molecule has 28 heavy (non-hydrogen) atoms. The van der Waals surface area contributed by atoms with Crippen LogP contribution in [0.2, 0.25) is 0 Å². The molecule has 0 saturated heterocycles. The number of halogens is 2. The summed E-state index contributed by atoms with van der Waals surface area (Å²) in [6, 6.07) is 12.4. The van der Waals surface area contributed by atoms with Crippen LogP contribution in [0.15, 0.2) is 61.2 Å². The zero-order chi connectivity index (χ0) is 19.3. The maximum atomic E-state index is 14.2. The Labute approximate surface area is 158 Å². The average molecular weight is 375 g/mol. The molecule has 138 valence electrons. The molecule has 0 aliphatic carbocycles. The minimum Gasteiger partial charge on any atom is -0.331 e. The van der Waals surface area contributed by atoms with E-state index < -0.39 is 11.6 Å². The molecule has 7 heteroatoms. The summed E-state index contributed by atoms with van der Waals surface area (Å²) in [7, 11) is 1.91. The van der Waals surface area contributed by atoms with Gasteiger partial charge in [-0.1, -0.05) is 12.1 Å². The lowest BCUT2D eigenvalue weighted by Gasteiger charge is -2.12. The van der Waals surface area contributed by atoms with Crippen molar-refractivity contribution in [3.63, 3.8) is 0 Å². The molecule has 2 aromatic carbocycles. The van der Waals surface area contributed by atoms with Gasteiger partial charge in [-0.05, 0) is 35.9 Å². The van der Waals surface area contributed by atoms with Crippen molar-refractivity contribution in [3.05, 3.63) is 78.4 Å². The van der Waals surface area contributed by atoms with Crippen LogP contribution >= 0.6 is 0 Å². The number of nitrogens with zero attached hydrogens (tertiary/aromatic N) is 5. The fourth-order valence-corrected chi connectivity index (χ4v) is 3.53. The van der Waals surface area contributed by atoms with Crippen LogP contribution < -0.4 is 0 Å². The Hall–Kier alpha value is -3.61. The Bertz CT molecular complexity index is 1340. The van der Waals surface area contributed by atoms with Gasteiger partial charge >= 0.3 is 0 Å². The van der Waals surface area contributed by atoms with E-state index in [-0.39, 0.29) is 5.52 Å². The van der Waals surface area contributed by atoms with Crippen LogP contribution in [0.5, 0.6) is 0 Å². The normalized spacial score (nSPS) is 11.5. The number of hydrogen-bond acceptors (Lipinski definition) is 3. The Morgan fingerprint density at radius 2 is 1.89 bits per heavy atom. The minimum absolute atomic E-state index is 0.0315. The lowest BCUT2D eigenvalue weighted by molar-refractivity contribution is 0.515. The maximum absolute atomic E-state index is 14.2. The number of hydrogen-bond donors (Lipinski definition) is 0. The standard InChI is InChI=1S/C21H15F2N5/c1-27-12-24-10-18(27)21-26-16-4-2-3-5-17(16)28(21)11-13-8-9-25-20-14(13)6-7-15(22)19(20)23/h2-10,12H,11H2,1H3. The molecule has 0 N–H and O–H groups in total. The Morgan fingerprint density at radius 3 is 2.71 bits per heavy atom. The molecule has 0 unspecified atom stereocenters. The van der Waals surface area contributed by atoms with E-state index in [1.54, 1.807) is 18.6 Å². The highest BCUT2D eigenvalue weighted by Crippen LogP contribution is 2.28. The second-order valence-electron chi connectivity index (χ2n) is 6.63. The van der Waals surface area contributed by atoms with Gasteiger partial charge in [0.05, 0.1) is 30.1 Å². The van der Waals surface area contributed by atoms with E-state index in [0.29, 0.717) is 11.9 Å². The zero-order valence-electron chi connectivity index (χ0n) is 15.0. The number of rotatable bonds is 3. The van der Waals surface area contributed by atoms with Gasteiger partial charge in [0.1, 0.15) is 11.2 Å².